The maximum absolute atomic E-state index is 10.2. The third-order valence-electron chi connectivity index (χ3n) is 4.21. The van der Waals surface area contributed by atoms with E-state index in [1.54, 1.807) is 0 Å². The van der Waals surface area contributed by atoms with Gasteiger partial charge in [0.2, 0.25) is 0 Å². The van der Waals surface area contributed by atoms with Crippen molar-refractivity contribution >= 4 is 17.7 Å². The Morgan fingerprint density at radius 2 is 2.26 bits per heavy atom. The van der Waals surface area contributed by atoms with Gasteiger partial charge in [-0.1, -0.05) is 13.8 Å². The van der Waals surface area contributed by atoms with Crippen molar-refractivity contribution in [3.05, 3.63) is 0 Å². The summed E-state index contributed by atoms with van der Waals surface area (Å²) in [5, 5.41) is 14.2. The van der Waals surface area contributed by atoms with Crippen molar-refractivity contribution in [2.45, 2.75) is 44.0 Å². The normalized spacial score (nSPS) is 27.3. The number of aliphatic hydroxyl groups is 1. The minimum Gasteiger partial charge on any atom is -0.388 e. The topological polar surface area (TPSA) is 47.9 Å². The highest BCUT2D eigenvalue weighted by Crippen LogP contribution is 2.30. The van der Waals surface area contributed by atoms with Crippen LogP contribution in [-0.4, -0.2) is 59.3 Å². The van der Waals surface area contributed by atoms with E-state index in [4.69, 9.17) is 0 Å². The lowest BCUT2D eigenvalue weighted by molar-refractivity contribution is -0.0282. The molecule has 110 valence electrons. The van der Waals surface area contributed by atoms with Crippen LogP contribution in [0.1, 0.15) is 33.1 Å². The van der Waals surface area contributed by atoms with E-state index in [1.807, 2.05) is 7.05 Å². The number of guanidine groups is 1. The quantitative estimate of drug-likeness (QED) is 0.610. The zero-order chi connectivity index (χ0) is 13.9. The van der Waals surface area contributed by atoms with E-state index in [1.165, 1.54) is 0 Å². The number of hydrogen-bond acceptors (Lipinski definition) is 3. The predicted octanol–water partition coefficient (Wildman–Crippen LogP) is 1.55. The van der Waals surface area contributed by atoms with Crippen LogP contribution in [0.2, 0.25) is 0 Å². The molecule has 4 nitrogen and oxygen atoms in total. The zero-order valence-corrected chi connectivity index (χ0v) is 13.2. The molecule has 19 heavy (non-hydrogen) atoms. The molecule has 2 N–H and O–H groups in total. The summed E-state index contributed by atoms with van der Waals surface area (Å²) >= 11 is 2.07. The molecule has 1 saturated heterocycles. The van der Waals surface area contributed by atoms with Gasteiger partial charge in [0, 0.05) is 37.7 Å². The number of rotatable bonds is 3. The van der Waals surface area contributed by atoms with Crippen molar-refractivity contribution in [1.29, 1.82) is 0 Å². The third kappa shape index (κ3) is 3.78. The largest absolute Gasteiger partial charge is 0.388 e. The van der Waals surface area contributed by atoms with Crippen LogP contribution in [0.5, 0.6) is 0 Å². The predicted molar refractivity (Wildman–Crippen MR) is 82.8 cm³/mol. The van der Waals surface area contributed by atoms with E-state index in [-0.39, 0.29) is 0 Å². The van der Waals surface area contributed by atoms with E-state index in [2.05, 4.69) is 40.8 Å². The molecule has 5 heteroatoms. The van der Waals surface area contributed by atoms with Crippen LogP contribution in [-0.2, 0) is 0 Å². The Labute approximate surface area is 121 Å². The Kier molecular flexibility index (Phi) is 5.01. The summed E-state index contributed by atoms with van der Waals surface area (Å²) in [6.45, 7) is 7.31. The summed E-state index contributed by atoms with van der Waals surface area (Å²) in [4.78, 5) is 6.71. The molecule has 0 spiro atoms. The molecular formula is C14H27N3OS. The highest BCUT2D eigenvalue weighted by molar-refractivity contribution is 8.00. The summed E-state index contributed by atoms with van der Waals surface area (Å²) in [5.41, 5.74) is -0.488. The number of aliphatic imine (C=N–C) groups is 1. The van der Waals surface area contributed by atoms with Gasteiger partial charge >= 0.3 is 0 Å². The fraction of sp³-hybridized carbons (Fsp3) is 0.929. The van der Waals surface area contributed by atoms with Crippen molar-refractivity contribution in [2.75, 3.05) is 32.4 Å². The lowest BCUT2D eigenvalue weighted by atomic mass is 9.80. The minimum absolute atomic E-state index is 0.488. The van der Waals surface area contributed by atoms with E-state index >= 15 is 0 Å². The smallest absolute Gasteiger partial charge is 0.193 e. The third-order valence-corrected chi connectivity index (χ3v) is 5.75. The van der Waals surface area contributed by atoms with Gasteiger partial charge in [0.15, 0.2) is 5.96 Å². The number of thioether (sulfide) groups is 1. The van der Waals surface area contributed by atoms with Crippen molar-refractivity contribution in [1.82, 2.24) is 10.2 Å². The van der Waals surface area contributed by atoms with Gasteiger partial charge in [-0.3, -0.25) is 4.99 Å². The molecular weight excluding hydrogens is 258 g/mol. The maximum atomic E-state index is 10.2. The number of nitrogens with one attached hydrogen (secondary N) is 1. The van der Waals surface area contributed by atoms with Crippen LogP contribution in [0.3, 0.4) is 0 Å². The van der Waals surface area contributed by atoms with Gasteiger partial charge in [0.25, 0.3) is 0 Å². The highest BCUT2D eigenvalue weighted by Gasteiger charge is 2.35. The molecule has 0 aromatic rings. The summed E-state index contributed by atoms with van der Waals surface area (Å²) in [6, 6.07) is 0. The van der Waals surface area contributed by atoms with Crippen LogP contribution < -0.4 is 5.32 Å². The molecule has 0 amide bonds. The second kappa shape index (κ2) is 6.35. The zero-order valence-electron chi connectivity index (χ0n) is 12.4. The van der Waals surface area contributed by atoms with Crippen LogP contribution in [0.4, 0.5) is 0 Å². The molecule has 1 saturated carbocycles. The second-order valence-electron chi connectivity index (χ2n) is 6.08. The van der Waals surface area contributed by atoms with Crippen molar-refractivity contribution in [3.8, 4) is 0 Å². The summed E-state index contributed by atoms with van der Waals surface area (Å²) in [7, 11) is 1.83. The van der Waals surface area contributed by atoms with Crippen molar-refractivity contribution in [3.63, 3.8) is 0 Å². The molecule has 2 aliphatic rings. The van der Waals surface area contributed by atoms with Crippen molar-refractivity contribution < 1.29 is 5.11 Å². The van der Waals surface area contributed by atoms with Gasteiger partial charge in [0.1, 0.15) is 0 Å². The molecule has 1 aliphatic carbocycles. The molecule has 1 heterocycles. The van der Waals surface area contributed by atoms with E-state index < -0.39 is 5.60 Å². The van der Waals surface area contributed by atoms with Crippen molar-refractivity contribution in [2.24, 2.45) is 10.9 Å². The fourth-order valence-electron chi connectivity index (χ4n) is 2.61. The summed E-state index contributed by atoms with van der Waals surface area (Å²) < 4.78 is 0. The lowest BCUT2D eigenvalue weighted by Gasteiger charge is -2.40. The SMILES string of the molecule is CN=C(NCC1(O)CCC1)N1CCSC(C(C)C)C1. The standard InChI is InChI=1S/C14H27N3OS/c1-11(2)12-9-17(7-8-19-12)13(15-3)16-10-14(18)5-4-6-14/h11-12,18H,4-10H2,1-3H3,(H,15,16). The van der Waals surface area contributed by atoms with Crippen LogP contribution in [0, 0.1) is 5.92 Å². The average molecular weight is 285 g/mol. The Morgan fingerprint density at radius 3 is 2.79 bits per heavy atom. The molecule has 0 radical (unpaired) electrons. The van der Waals surface area contributed by atoms with Gasteiger partial charge in [-0.15, -0.1) is 0 Å². The molecule has 1 unspecified atom stereocenters. The molecule has 2 rings (SSSR count). The molecule has 0 aromatic carbocycles. The molecule has 0 aromatic heterocycles. The first-order valence-corrected chi connectivity index (χ1v) is 8.38. The Balaban J connectivity index is 1.86. The lowest BCUT2D eigenvalue weighted by Crippen LogP contribution is -2.54. The summed E-state index contributed by atoms with van der Waals surface area (Å²) in [5.74, 6) is 2.81. The van der Waals surface area contributed by atoms with Gasteiger partial charge in [-0.25, -0.2) is 0 Å². The van der Waals surface area contributed by atoms with Crippen LogP contribution in [0.25, 0.3) is 0 Å². The molecule has 0 bridgehead atoms. The first-order valence-electron chi connectivity index (χ1n) is 7.34. The fourth-order valence-corrected chi connectivity index (χ4v) is 3.91. The van der Waals surface area contributed by atoms with Crippen LogP contribution in [0.15, 0.2) is 4.99 Å². The summed E-state index contributed by atoms with van der Waals surface area (Å²) in [6.07, 6.45) is 2.98. The first kappa shape index (κ1) is 15.0. The Morgan fingerprint density at radius 1 is 1.53 bits per heavy atom. The maximum Gasteiger partial charge on any atom is 0.193 e. The van der Waals surface area contributed by atoms with Gasteiger partial charge in [-0.2, -0.15) is 11.8 Å². The molecule has 1 aliphatic heterocycles. The van der Waals surface area contributed by atoms with Crippen LogP contribution >= 0.6 is 11.8 Å². The monoisotopic (exact) mass is 285 g/mol. The number of nitrogens with zero attached hydrogens (tertiary/aromatic N) is 2. The average Bonchev–Trinajstić information content (AvgIpc) is 2.37. The van der Waals surface area contributed by atoms with E-state index in [9.17, 15) is 5.11 Å². The highest BCUT2D eigenvalue weighted by atomic mass is 32.2. The van der Waals surface area contributed by atoms with Gasteiger partial charge in [0.05, 0.1) is 5.60 Å². The second-order valence-corrected chi connectivity index (χ2v) is 7.43. The minimum atomic E-state index is -0.488. The Hall–Kier alpha value is -0.420. The molecule has 1 atom stereocenters. The number of hydrogen-bond donors (Lipinski definition) is 2. The van der Waals surface area contributed by atoms with Gasteiger partial charge < -0.3 is 15.3 Å². The van der Waals surface area contributed by atoms with E-state index in [0.717, 1.165) is 44.1 Å². The first-order chi connectivity index (χ1) is 9.04. The Bertz CT molecular complexity index is 329. The molecule has 2 fully saturated rings. The van der Waals surface area contributed by atoms with E-state index in [0.29, 0.717) is 17.7 Å². The van der Waals surface area contributed by atoms with Gasteiger partial charge in [-0.05, 0) is 25.2 Å².